The van der Waals surface area contributed by atoms with Gasteiger partial charge in [0.1, 0.15) is 5.75 Å². The van der Waals surface area contributed by atoms with Gasteiger partial charge in [0.25, 0.3) is 0 Å². The molecule has 1 aliphatic rings. The first-order chi connectivity index (χ1) is 10.1. The molecule has 0 heterocycles. The summed E-state index contributed by atoms with van der Waals surface area (Å²) >= 11 is 0. The van der Waals surface area contributed by atoms with Gasteiger partial charge in [0.05, 0.1) is 13.5 Å². The number of ether oxygens (including phenoxy) is 1. The highest BCUT2D eigenvalue weighted by molar-refractivity contribution is 6.74. The van der Waals surface area contributed by atoms with Crippen LogP contribution in [0.15, 0.2) is 18.2 Å². The number of benzene rings is 1. The second kappa shape index (κ2) is 6.07. The molecule has 0 aromatic heterocycles. The van der Waals surface area contributed by atoms with Crippen LogP contribution in [0.5, 0.6) is 5.75 Å². The van der Waals surface area contributed by atoms with Crippen LogP contribution in [-0.4, -0.2) is 21.4 Å². The molecular formula is C18H28O3Si. The predicted molar refractivity (Wildman–Crippen MR) is 92.0 cm³/mol. The molecule has 4 heteroatoms. The largest absolute Gasteiger partial charge is 0.543 e. The molecule has 0 amide bonds. The van der Waals surface area contributed by atoms with Gasteiger partial charge in [-0.15, -0.1) is 0 Å². The van der Waals surface area contributed by atoms with Crippen LogP contribution in [0.3, 0.4) is 0 Å². The van der Waals surface area contributed by atoms with Gasteiger partial charge in [0.2, 0.25) is 8.32 Å². The number of hydrogen-bond acceptors (Lipinski definition) is 3. The second-order valence-corrected chi connectivity index (χ2v) is 12.5. The van der Waals surface area contributed by atoms with E-state index in [1.165, 1.54) is 18.2 Å². The normalized spacial score (nSPS) is 18.0. The van der Waals surface area contributed by atoms with Gasteiger partial charge in [-0.05, 0) is 60.2 Å². The van der Waals surface area contributed by atoms with Crippen molar-refractivity contribution in [3.8, 4) is 5.75 Å². The van der Waals surface area contributed by atoms with Gasteiger partial charge < -0.3 is 9.16 Å². The minimum absolute atomic E-state index is 0.126. The van der Waals surface area contributed by atoms with E-state index in [0.29, 0.717) is 12.3 Å². The third-order valence-electron chi connectivity index (χ3n) is 5.14. The van der Waals surface area contributed by atoms with Crippen molar-refractivity contribution >= 4 is 14.3 Å². The molecule has 1 aromatic rings. The zero-order valence-corrected chi connectivity index (χ0v) is 15.7. The van der Waals surface area contributed by atoms with Crippen LogP contribution >= 0.6 is 0 Å². The first-order valence-electron chi connectivity index (χ1n) is 8.03. The van der Waals surface area contributed by atoms with Gasteiger partial charge in [-0.1, -0.05) is 26.8 Å². The number of carbonyl (C=O) groups is 1. The molecule has 0 N–H and O–H groups in total. The van der Waals surface area contributed by atoms with Crippen molar-refractivity contribution in [3.63, 3.8) is 0 Å². The molecule has 1 aromatic carbocycles. The molecule has 1 atom stereocenters. The van der Waals surface area contributed by atoms with Crippen LogP contribution in [0.2, 0.25) is 18.1 Å². The fraction of sp³-hybridized carbons (Fsp3) is 0.611. The highest BCUT2D eigenvalue weighted by Gasteiger charge is 2.39. The molecule has 0 bridgehead atoms. The van der Waals surface area contributed by atoms with E-state index in [2.05, 4.69) is 52.1 Å². The van der Waals surface area contributed by atoms with Gasteiger partial charge >= 0.3 is 5.97 Å². The molecule has 0 saturated carbocycles. The summed E-state index contributed by atoms with van der Waals surface area (Å²) in [5.41, 5.74) is 2.61. The Morgan fingerprint density at radius 1 is 1.32 bits per heavy atom. The third kappa shape index (κ3) is 3.54. The molecule has 0 aliphatic heterocycles. The molecule has 3 nitrogen and oxygen atoms in total. The number of carbonyl (C=O) groups excluding carboxylic acids is 1. The fourth-order valence-corrected chi connectivity index (χ4v) is 3.71. The molecule has 0 spiro atoms. The predicted octanol–water partition coefficient (Wildman–Crippen LogP) is 4.66. The Morgan fingerprint density at radius 2 is 2.00 bits per heavy atom. The topological polar surface area (TPSA) is 35.5 Å². The summed E-state index contributed by atoms with van der Waals surface area (Å²) in [7, 11) is -0.349. The summed E-state index contributed by atoms with van der Waals surface area (Å²) in [5, 5.41) is 0.194. The average Bonchev–Trinajstić information content (AvgIpc) is 2.79. The zero-order valence-electron chi connectivity index (χ0n) is 14.7. The van der Waals surface area contributed by atoms with Crippen LogP contribution in [-0.2, 0) is 16.0 Å². The molecule has 1 unspecified atom stereocenters. The summed E-state index contributed by atoms with van der Waals surface area (Å²) in [6.07, 6.45) is 2.52. The van der Waals surface area contributed by atoms with E-state index in [9.17, 15) is 4.79 Å². The monoisotopic (exact) mass is 320 g/mol. The minimum atomic E-state index is -1.80. The Kier molecular flexibility index (Phi) is 4.71. The van der Waals surface area contributed by atoms with E-state index in [4.69, 9.17) is 9.16 Å². The molecule has 0 fully saturated rings. The van der Waals surface area contributed by atoms with Crippen molar-refractivity contribution in [1.82, 2.24) is 0 Å². The number of esters is 1. The van der Waals surface area contributed by atoms with E-state index < -0.39 is 8.32 Å². The maximum absolute atomic E-state index is 11.5. The molecule has 0 radical (unpaired) electrons. The quantitative estimate of drug-likeness (QED) is 0.597. The number of aryl methyl sites for hydroxylation is 1. The van der Waals surface area contributed by atoms with Crippen molar-refractivity contribution in [2.75, 3.05) is 7.11 Å². The van der Waals surface area contributed by atoms with Crippen LogP contribution in [0.4, 0.5) is 0 Å². The lowest BCUT2D eigenvalue weighted by atomic mass is 9.98. The van der Waals surface area contributed by atoms with Gasteiger partial charge in [-0.3, -0.25) is 4.79 Å². The Balaban J connectivity index is 2.15. The maximum Gasteiger partial charge on any atom is 0.306 e. The van der Waals surface area contributed by atoms with E-state index >= 15 is 0 Å². The highest BCUT2D eigenvalue weighted by Crippen LogP contribution is 2.40. The average molecular weight is 321 g/mol. The fourth-order valence-electron chi connectivity index (χ4n) is 2.69. The van der Waals surface area contributed by atoms with E-state index in [1.807, 2.05) is 0 Å². The Bertz CT molecular complexity index is 558. The Labute approximate surface area is 135 Å². The number of methoxy groups -OCH3 is 1. The first-order valence-corrected chi connectivity index (χ1v) is 10.9. The van der Waals surface area contributed by atoms with Gasteiger partial charge in [-0.2, -0.15) is 0 Å². The molecule has 2 rings (SSSR count). The van der Waals surface area contributed by atoms with Crippen LogP contribution in [0, 0.1) is 0 Å². The van der Waals surface area contributed by atoms with Gasteiger partial charge in [0, 0.05) is 0 Å². The lowest BCUT2D eigenvalue weighted by Gasteiger charge is -2.36. The zero-order chi connectivity index (χ0) is 16.5. The third-order valence-corrected chi connectivity index (χ3v) is 9.49. The highest BCUT2D eigenvalue weighted by atomic mass is 28.4. The number of rotatable bonds is 4. The summed E-state index contributed by atoms with van der Waals surface area (Å²) in [6.45, 7) is 11.3. The molecule has 0 saturated heterocycles. The maximum atomic E-state index is 11.5. The minimum Gasteiger partial charge on any atom is -0.543 e. The molecular weight excluding hydrogens is 292 g/mol. The standard InChI is InChI=1S/C18H28O3Si/c1-18(2,3)22(5,6)21-15-9-10-16-13(11-15)7-8-14(16)12-17(19)20-4/h9-11,14H,7-8,12H2,1-6H3. The summed E-state index contributed by atoms with van der Waals surface area (Å²) in [6, 6.07) is 6.38. The van der Waals surface area contributed by atoms with Gasteiger partial charge in [-0.25, -0.2) is 0 Å². The SMILES string of the molecule is COC(=O)CC1CCc2cc(O[Si](C)(C)C(C)(C)C)ccc21. The second-order valence-electron chi connectivity index (χ2n) is 7.74. The summed E-state index contributed by atoms with van der Waals surface area (Å²) in [4.78, 5) is 11.5. The summed E-state index contributed by atoms with van der Waals surface area (Å²) < 4.78 is 11.2. The van der Waals surface area contributed by atoms with Crippen molar-refractivity contribution in [1.29, 1.82) is 0 Å². The molecule has 122 valence electrons. The number of hydrogen-bond donors (Lipinski definition) is 0. The van der Waals surface area contributed by atoms with Crippen molar-refractivity contribution in [3.05, 3.63) is 29.3 Å². The first kappa shape index (κ1) is 17.1. The van der Waals surface area contributed by atoms with E-state index in [1.54, 1.807) is 0 Å². The van der Waals surface area contributed by atoms with Crippen molar-refractivity contribution < 1.29 is 14.0 Å². The Morgan fingerprint density at radius 3 is 2.59 bits per heavy atom. The Hall–Kier alpha value is -1.29. The van der Waals surface area contributed by atoms with Crippen molar-refractivity contribution in [2.45, 2.75) is 64.1 Å². The van der Waals surface area contributed by atoms with Crippen molar-refractivity contribution in [2.24, 2.45) is 0 Å². The van der Waals surface area contributed by atoms with Crippen LogP contribution < -0.4 is 4.43 Å². The molecule has 22 heavy (non-hydrogen) atoms. The van der Waals surface area contributed by atoms with Crippen LogP contribution in [0.1, 0.15) is 50.7 Å². The molecule has 1 aliphatic carbocycles. The van der Waals surface area contributed by atoms with Crippen LogP contribution in [0.25, 0.3) is 0 Å². The smallest absolute Gasteiger partial charge is 0.306 e. The lowest BCUT2D eigenvalue weighted by Crippen LogP contribution is -2.43. The van der Waals surface area contributed by atoms with E-state index in [0.717, 1.165) is 18.6 Å². The van der Waals surface area contributed by atoms with Gasteiger partial charge in [0.15, 0.2) is 0 Å². The number of fused-ring (bicyclic) bond motifs is 1. The summed E-state index contributed by atoms with van der Waals surface area (Å²) in [5.74, 6) is 1.15. The van der Waals surface area contributed by atoms with E-state index in [-0.39, 0.29) is 11.0 Å². The lowest BCUT2D eigenvalue weighted by molar-refractivity contribution is -0.141.